The summed E-state index contributed by atoms with van der Waals surface area (Å²) in [5, 5.41) is 0. The molecule has 0 amide bonds. The zero-order chi connectivity index (χ0) is 13.1. The van der Waals surface area contributed by atoms with Crippen molar-refractivity contribution in [3.05, 3.63) is 29.8 Å². The average Bonchev–Trinajstić information content (AvgIpc) is 2.39. The van der Waals surface area contributed by atoms with Crippen LogP contribution in [0.2, 0.25) is 0 Å². The third kappa shape index (κ3) is 2.91. The summed E-state index contributed by atoms with van der Waals surface area (Å²) >= 11 is 0. The van der Waals surface area contributed by atoms with Crippen LogP contribution in [0.25, 0.3) is 0 Å². The fourth-order valence-corrected chi connectivity index (χ4v) is 2.52. The molecule has 0 bridgehead atoms. The summed E-state index contributed by atoms with van der Waals surface area (Å²) < 4.78 is 0. The molecule has 0 unspecified atom stereocenters. The number of carbonyl (C=O) groups excluding carboxylic acids is 1. The van der Waals surface area contributed by atoms with Gasteiger partial charge < -0.3 is 9.80 Å². The lowest BCUT2D eigenvalue weighted by Crippen LogP contribution is -2.41. The molecule has 1 fully saturated rings. The third-order valence-electron chi connectivity index (χ3n) is 3.92. The van der Waals surface area contributed by atoms with Gasteiger partial charge in [0.2, 0.25) is 0 Å². The maximum absolute atomic E-state index is 11.2. The van der Waals surface area contributed by atoms with Gasteiger partial charge in [-0.2, -0.15) is 0 Å². The minimum atomic E-state index is 0.128. The molecule has 1 saturated heterocycles. The third-order valence-corrected chi connectivity index (χ3v) is 3.92. The summed E-state index contributed by atoms with van der Waals surface area (Å²) in [6.07, 6.45) is 2.42. The summed E-state index contributed by atoms with van der Waals surface area (Å²) in [5.41, 5.74) is 1.99. The Morgan fingerprint density at radius 2 is 1.78 bits per heavy atom. The van der Waals surface area contributed by atoms with Gasteiger partial charge >= 0.3 is 0 Å². The van der Waals surface area contributed by atoms with Gasteiger partial charge in [-0.25, -0.2) is 0 Å². The maximum atomic E-state index is 11.2. The van der Waals surface area contributed by atoms with Crippen LogP contribution in [0.5, 0.6) is 0 Å². The molecule has 2 rings (SSSR count). The van der Waals surface area contributed by atoms with Crippen LogP contribution < -0.4 is 4.90 Å². The molecule has 3 nitrogen and oxygen atoms in total. The lowest BCUT2D eigenvalue weighted by Gasteiger charge is -2.36. The largest absolute Gasteiger partial charge is 0.372 e. The van der Waals surface area contributed by atoms with Gasteiger partial charge in [-0.15, -0.1) is 0 Å². The van der Waals surface area contributed by atoms with E-state index in [0.29, 0.717) is 6.04 Å². The number of nitrogens with zero attached hydrogens (tertiary/aromatic N) is 2. The number of hydrogen-bond acceptors (Lipinski definition) is 3. The van der Waals surface area contributed by atoms with Crippen LogP contribution in [0.4, 0.5) is 5.69 Å². The van der Waals surface area contributed by atoms with Crippen LogP contribution in [0, 0.1) is 0 Å². The highest BCUT2D eigenvalue weighted by Crippen LogP contribution is 2.22. The van der Waals surface area contributed by atoms with Crippen molar-refractivity contribution in [2.75, 3.05) is 32.1 Å². The fraction of sp³-hybridized carbons (Fsp3) is 0.533. The van der Waals surface area contributed by atoms with E-state index in [1.807, 2.05) is 12.1 Å². The van der Waals surface area contributed by atoms with Crippen LogP contribution in [0.3, 0.4) is 0 Å². The van der Waals surface area contributed by atoms with Gasteiger partial charge in [-0.05, 0) is 64.2 Å². The van der Waals surface area contributed by atoms with Crippen LogP contribution in [0.15, 0.2) is 24.3 Å². The summed E-state index contributed by atoms with van der Waals surface area (Å²) in [6, 6.07) is 8.56. The van der Waals surface area contributed by atoms with Gasteiger partial charge in [0.1, 0.15) is 0 Å². The van der Waals surface area contributed by atoms with Crippen molar-refractivity contribution in [1.82, 2.24) is 4.90 Å². The Balaban J connectivity index is 2.04. The quantitative estimate of drug-likeness (QED) is 0.765. The number of rotatable bonds is 3. The number of piperidine rings is 1. The molecule has 0 aliphatic carbocycles. The Labute approximate surface area is 109 Å². The van der Waals surface area contributed by atoms with E-state index in [4.69, 9.17) is 0 Å². The normalized spacial score (nSPS) is 17.7. The molecule has 98 valence electrons. The van der Waals surface area contributed by atoms with Crippen LogP contribution in [-0.4, -0.2) is 43.9 Å². The standard InChI is InChI=1S/C15H22N2O/c1-12(18)13-4-6-14(7-5-13)17(3)15-8-10-16(2)11-9-15/h4-7,15H,8-11H2,1-3H3. The highest BCUT2D eigenvalue weighted by Gasteiger charge is 2.20. The number of Topliss-reactive ketones (excluding diaryl/α,β-unsaturated/α-hetero) is 1. The van der Waals surface area contributed by atoms with Gasteiger partial charge in [-0.3, -0.25) is 4.79 Å². The monoisotopic (exact) mass is 246 g/mol. The van der Waals surface area contributed by atoms with Crippen molar-refractivity contribution in [2.45, 2.75) is 25.8 Å². The van der Waals surface area contributed by atoms with Gasteiger partial charge in [0.15, 0.2) is 5.78 Å². The minimum Gasteiger partial charge on any atom is -0.372 e. The predicted molar refractivity (Wildman–Crippen MR) is 75.4 cm³/mol. The molecule has 0 N–H and O–H groups in total. The lowest BCUT2D eigenvalue weighted by atomic mass is 10.0. The van der Waals surface area contributed by atoms with E-state index < -0.39 is 0 Å². The molecule has 1 aliphatic heterocycles. The molecular weight excluding hydrogens is 224 g/mol. The van der Waals surface area contributed by atoms with Crippen LogP contribution in [0.1, 0.15) is 30.1 Å². The van der Waals surface area contributed by atoms with Gasteiger partial charge in [0.25, 0.3) is 0 Å². The summed E-state index contributed by atoms with van der Waals surface area (Å²) in [4.78, 5) is 16.0. The summed E-state index contributed by atoms with van der Waals surface area (Å²) in [7, 11) is 4.33. The van der Waals surface area contributed by atoms with Crippen LogP contribution >= 0.6 is 0 Å². The molecule has 1 aromatic rings. The lowest BCUT2D eigenvalue weighted by molar-refractivity contribution is 0.101. The molecule has 0 atom stereocenters. The van der Waals surface area contributed by atoms with Crippen molar-refractivity contribution in [3.8, 4) is 0 Å². The second-order valence-electron chi connectivity index (χ2n) is 5.25. The van der Waals surface area contributed by atoms with Crippen molar-refractivity contribution in [1.29, 1.82) is 0 Å². The van der Waals surface area contributed by atoms with Gasteiger partial charge in [0.05, 0.1) is 0 Å². The molecule has 3 heteroatoms. The molecule has 0 saturated carbocycles. The van der Waals surface area contributed by atoms with E-state index in [1.54, 1.807) is 6.92 Å². The zero-order valence-corrected chi connectivity index (χ0v) is 11.5. The van der Waals surface area contributed by atoms with Gasteiger partial charge in [-0.1, -0.05) is 0 Å². The number of ketones is 1. The Kier molecular flexibility index (Phi) is 4.02. The highest BCUT2D eigenvalue weighted by molar-refractivity contribution is 5.94. The zero-order valence-electron chi connectivity index (χ0n) is 11.5. The SMILES string of the molecule is CC(=O)c1ccc(N(C)C2CCN(C)CC2)cc1. The van der Waals surface area contributed by atoms with E-state index in [-0.39, 0.29) is 5.78 Å². The molecule has 0 spiro atoms. The summed E-state index contributed by atoms with van der Waals surface area (Å²) in [5.74, 6) is 0.128. The second-order valence-corrected chi connectivity index (χ2v) is 5.25. The number of hydrogen-bond donors (Lipinski definition) is 0. The number of benzene rings is 1. The summed E-state index contributed by atoms with van der Waals surface area (Å²) in [6.45, 7) is 3.94. The Hall–Kier alpha value is -1.35. The molecule has 0 radical (unpaired) electrons. The van der Waals surface area contributed by atoms with E-state index in [9.17, 15) is 4.79 Å². The Bertz CT molecular complexity index is 405. The first-order valence-electron chi connectivity index (χ1n) is 6.60. The number of likely N-dealkylation sites (tertiary alicyclic amines) is 1. The first-order valence-corrected chi connectivity index (χ1v) is 6.60. The first kappa shape index (κ1) is 13.1. The number of carbonyl (C=O) groups is 1. The molecular formula is C15H22N2O. The smallest absolute Gasteiger partial charge is 0.159 e. The van der Waals surface area contributed by atoms with E-state index >= 15 is 0 Å². The molecule has 0 aromatic heterocycles. The topological polar surface area (TPSA) is 23.6 Å². The van der Waals surface area contributed by atoms with Crippen LogP contribution in [-0.2, 0) is 0 Å². The van der Waals surface area contributed by atoms with Crippen molar-refractivity contribution in [2.24, 2.45) is 0 Å². The molecule has 18 heavy (non-hydrogen) atoms. The molecule has 1 aliphatic rings. The Morgan fingerprint density at radius 3 is 2.28 bits per heavy atom. The van der Waals surface area contributed by atoms with Crippen molar-refractivity contribution >= 4 is 11.5 Å². The van der Waals surface area contributed by atoms with Gasteiger partial charge in [0, 0.05) is 24.3 Å². The first-order chi connectivity index (χ1) is 8.58. The second kappa shape index (κ2) is 5.53. The van der Waals surface area contributed by atoms with E-state index in [1.165, 1.54) is 31.6 Å². The van der Waals surface area contributed by atoms with Crippen molar-refractivity contribution in [3.63, 3.8) is 0 Å². The Morgan fingerprint density at radius 1 is 1.22 bits per heavy atom. The predicted octanol–water partition coefficient (Wildman–Crippen LogP) is 2.42. The average molecular weight is 246 g/mol. The highest BCUT2D eigenvalue weighted by atomic mass is 16.1. The number of anilines is 1. The van der Waals surface area contributed by atoms with E-state index in [0.717, 1.165) is 5.56 Å². The maximum Gasteiger partial charge on any atom is 0.159 e. The van der Waals surface area contributed by atoms with E-state index in [2.05, 4.69) is 36.0 Å². The van der Waals surface area contributed by atoms with Crippen molar-refractivity contribution < 1.29 is 4.79 Å². The molecule has 1 aromatic carbocycles. The minimum absolute atomic E-state index is 0.128. The fourth-order valence-electron chi connectivity index (χ4n) is 2.52. The molecule has 1 heterocycles.